The Hall–Kier alpha value is -2.60. The molecule has 0 saturated carbocycles. The molecule has 3 rings (SSSR count). The highest BCUT2D eigenvalue weighted by molar-refractivity contribution is 9.10. The number of aromatic nitrogens is 2. The van der Waals surface area contributed by atoms with Gasteiger partial charge in [0.25, 0.3) is 5.56 Å². The minimum atomic E-state index is -0.154. The van der Waals surface area contributed by atoms with Gasteiger partial charge in [0.2, 0.25) is 0 Å². The predicted octanol–water partition coefficient (Wildman–Crippen LogP) is 3.74. The summed E-state index contributed by atoms with van der Waals surface area (Å²) >= 11 is 3.41. The fraction of sp³-hybridized carbons (Fsp3) is 0.158. The van der Waals surface area contributed by atoms with Gasteiger partial charge in [-0.2, -0.15) is 5.10 Å². The highest BCUT2D eigenvalue weighted by Gasteiger charge is 2.11. The molecule has 25 heavy (non-hydrogen) atoms. The molecule has 0 aliphatic heterocycles. The molecule has 0 fully saturated rings. The van der Waals surface area contributed by atoms with E-state index in [1.165, 1.54) is 10.7 Å². The molecule has 0 aliphatic carbocycles. The second kappa shape index (κ2) is 7.53. The molecule has 0 N–H and O–H groups in total. The Morgan fingerprint density at radius 2 is 1.76 bits per heavy atom. The van der Waals surface area contributed by atoms with Gasteiger partial charge in [0, 0.05) is 22.2 Å². The van der Waals surface area contributed by atoms with Gasteiger partial charge in [0.1, 0.15) is 11.5 Å². The van der Waals surface area contributed by atoms with E-state index in [1.54, 1.807) is 26.4 Å². The highest BCUT2D eigenvalue weighted by Crippen LogP contribution is 2.31. The third-order valence-corrected chi connectivity index (χ3v) is 4.33. The van der Waals surface area contributed by atoms with Gasteiger partial charge in [-0.25, -0.2) is 4.68 Å². The topological polar surface area (TPSA) is 53.4 Å². The molecule has 5 nitrogen and oxygen atoms in total. The van der Waals surface area contributed by atoms with Crippen LogP contribution in [0.15, 0.2) is 63.9 Å². The van der Waals surface area contributed by atoms with Crippen molar-refractivity contribution in [3.8, 4) is 22.8 Å². The van der Waals surface area contributed by atoms with Crippen molar-refractivity contribution in [1.82, 2.24) is 9.78 Å². The predicted molar refractivity (Wildman–Crippen MR) is 100 cm³/mol. The normalized spacial score (nSPS) is 10.5. The van der Waals surface area contributed by atoms with Crippen LogP contribution in [0.2, 0.25) is 0 Å². The summed E-state index contributed by atoms with van der Waals surface area (Å²) in [4.78, 5) is 12.2. The first kappa shape index (κ1) is 17.2. The largest absolute Gasteiger partial charge is 0.497 e. The zero-order valence-electron chi connectivity index (χ0n) is 13.9. The lowest BCUT2D eigenvalue weighted by Crippen LogP contribution is -2.22. The monoisotopic (exact) mass is 400 g/mol. The van der Waals surface area contributed by atoms with Crippen LogP contribution >= 0.6 is 15.9 Å². The molecule has 3 aromatic rings. The Kier molecular flexibility index (Phi) is 5.19. The Balaban J connectivity index is 1.99. The van der Waals surface area contributed by atoms with Gasteiger partial charge in [-0.15, -0.1) is 0 Å². The molecule has 6 heteroatoms. The van der Waals surface area contributed by atoms with E-state index in [4.69, 9.17) is 9.47 Å². The first-order valence-corrected chi connectivity index (χ1v) is 8.45. The average molecular weight is 401 g/mol. The third-order valence-electron chi connectivity index (χ3n) is 3.80. The Morgan fingerprint density at radius 1 is 1.00 bits per heavy atom. The van der Waals surface area contributed by atoms with Crippen LogP contribution < -0.4 is 15.0 Å². The standard InChI is InChI=1S/C19H17BrN2O3/c1-24-15-7-8-16(18(11-15)25-2)17-9-10-19(23)22(21-17)12-13-3-5-14(20)6-4-13/h3-11H,12H2,1-2H3. The quantitative estimate of drug-likeness (QED) is 0.654. The Labute approximate surface area is 154 Å². The Morgan fingerprint density at radius 3 is 2.44 bits per heavy atom. The van der Waals surface area contributed by atoms with Crippen LogP contribution in [0.3, 0.4) is 0 Å². The van der Waals surface area contributed by atoms with Crippen molar-refractivity contribution in [2.75, 3.05) is 14.2 Å². The number of ether oxygens (including phenoxy) is 2. The van der Waals surface area contributed by atoms with E-state index in [0.717, 1.165) is 15.6 Å². The van der Waals surface area contributed by atoms with E-state index in [9.17, 15) is 4.79 Å². The first-order valence-electron chi connectivity index (χ1n) is 7.65. The number of nitrogens with zero attached hydrogens (tertiary/aromatic N) is 2. The number of rotatable bonds is 5. The molecule has 0 spiro atoms. The van der Waals surface area contributed by atoms with Gasteiger partial charge in [-0.05, 0) is 35.9 Å². The van der Waals surface area contributed by atoms with Crippen LogP contribution in [0.5, 0.6) is 11.5 Å². The first-order chi connectivity index (χ1) is 12.1. The van der Waals surface area contributed by atoms with E-state index in [2.05, 4.69) is 21.0 Å². The molecule has 2 aromatic carbocycles. The molecule has 0 saturated heterocycles. The smallest absolute Gasteiger partial charge is 0.267 e. The zero-order valence-corrected chi connectivity index (χ0v) is 15.5. The third kappa shape index (κ3) is 3.91. The summed E-state index contributed by atoms with van der Waals surface area (Å²) in [6, 6.07) is 16.5. The van der Waals surface area contributed by atoms with E-state index >= 15 is 0 Å². The molecule has 0 bridgehead atoms. The lowest BCUT2D eigenvalue weighted by Gasteiger charge is -2.11. The molecule has 1 aromatic heterocycles. The maximum atomic E-state index is 12.2. The van der Waals surface area contributed by atoms with Crippen molar-refractivity contribution < 1.29 is 9.47 Å². The molecule has 0 atom stereocenters. The summed E-state index contributed by atoms with van der Waals surface area (Å²) in [7, 11) is 3.20. The number of halogens is 1. The maximum Gasteiger partial charge on any atom is 0.267 e. The number of hydrogen-bond donors (Lipinski definition) is 0. The molecule has 128 valence electrons. The Bertz CT molecular complexity index is 936. The summed E-state index contributed by atoms with van der Waals surface area (Å²) in [6.45, 7) is 0.401. The van der Waals surface area contributed by atoms with E-state index in [-0.39, 0.29) is 5.56 Å². The zero-order chi connectivity index (χ0) is 17.8. The SMILES string of the molecule is COc1ccc(-c2ccc(=O)n(Cc3ccc(Br)cc3)n2)c(OC)c1. The van der Waals surface area contributed by atoms with Crippen LogP contribution in [-0.4, -0.2) is 24.0 Å². The van der Waals surface area contributed by atoms with Gasteiger partial charge >= 0.3 is 0 Å². The van der Waals surface area contributed by atoms with Gasteiger partial charge in [0.15, 0.2) is 0 Å². The minimum Gasteiger partial charge on any atom is -0.497 e. The lowest BCUT2D eigenvalue weighted by atomic mass is 10.1. The molecule has 0 amide bonds. The molecule has 0 radical (unpaired) electrons. The second-order valence-electron chi connectivity index (χ2n) is 5.41. The highest BCUT2D eigenvalue weighted by atomic mass is 79.9. The number of hydrogen-bond acceptors (Lipinski definition) is 4. The fourth-order valence-corrected chi connectivity index (χ4v) is 2.74. The summed E-state index contributed by atoms with van der Waals surface area (Å²) in [5.74, 6) is 1.34. The lowest BCUT2D eigenvalue weighted by molar-refractivity contribution is 0.395. The molecular weight excluding hydrogens is 384 g/mol. The van der Waals surface area contributed by atoms with Gasteiger partial charge in [-0.1, -0.05) is 28.1 Å². The van der Waals surface area contributed by atoms with Gasteiger partial charge in [0.05, 0.1) is 26.5 Å². The molecule has 0 aliphatic rings. The van der Waals surface area contributed by atoms with Crippen LogP contribution in [0, 0.1) is 0 Å². The van der Waals surface area contributed by atoms with Crippen molar-refractivity contribution in [2.24, 2.45) is 0 Å². The van der Waals surface area contributed by atoms with Crippen molar-refractivity contribution in [1.29, 1.82) is 0 Å². The summed E-state index contributed by atoms with van der Waals surface area (Å²) in [6.07, 6.45) is 0. The molecule has 1 heterocycles. The van der Waals surface area contributed by atoms with Crippen LogP contribution in [0.4, 0.5) is 0 Å². The van der Waals surface area contributed by atoms with Crippen LogP contribution in [0.25, 0.3) is 11.3 Å². The summed E-state index contributed by atoms with van der Waals surface area (Å²) in [5.41, 5.74) is 2.31. The number of benzene rings is 2. The molecule has 0 unspecified atom stereocenters. The minimum absolute atomic E-state index is 0.154. The fourth-order valence-electron chi connectivity index (χ4n) is 2.48. The summed E-state index contributed by atoms with van der Waals surface area (Å²) < 4.78 is 13.1. The van der Waals surface area contributed by atoms with Crippen molar-refractivity contribution in [3.63, 3.8) is 0 Å². The number of methoxy groups -OCH3 is 2. The second-order valence-corrected chi connectivity index (χ2v) is 6.32. The van der Waals surface area contributed by atoms with Crippen LogP contribution in [0.1, 0.15) is 5.56 Å². The molecular formula is C19H17BrN2O3. The van der Waals surface area contributed by atoms with Crippen LogP contribution in [-0.2, 0) is 6.54 Å². The maximum absolute atomic E-state index is 12.2. The van der Waals surface area contributed by atoms with E-state index < -0.39 is 0 Å². The van der Waals surface area contributed by atoms with Crippen molar-refractivity contribution >= 4 is 15.9 Å². The van der Waals surface area contributed by atoms with Crippen molar-refractivity contribution in [2.45, 2.75) is 6.54 Å². The van der Waals surface area contributed by atoms with Gasteiger partial charge < -0.3 is 9.47 Å². The van der Waals surface area contributed by atoms with E-state index in [0.29, 0.717) is 23.7 Å². The van der Waals surface area contributed by atoms with Gasteiger partial charge in [-0.3, -0.25) is 4.79 Å². The van der Waals surface area contributed by atoms with Crippen molar-refractivity contribution in [3.05, 3.63) is 75.0 Å². The van der Waals surface area contributed by atoms with E-state index in [1.807, 2.05) is 36.4 Å². The summed E-state index contributed by atoms with van der Waals surface area (Å²) in [5, 5.41) is 4.50. The average Bonchev–Trinajstić information content (AvgIpc) is 2.65.